The topological polar surface area (TPSA) is 0 Å². The second kappa shape index (κ2) is 5.40. The minimum Gasteiger partial charge on any atom is -0.126 e. The number of halogens is 4. The molecule has 16 heavy (non-hydrogen) atoms. The number of rotatable bonds is 2. The van der Waals surface area contributed by atoms with Crippen LogP contribution in [0.5, 0.6) is 0 Å². The SMILES string of the molecule is Clc1cccc(C(Br)c2cc(Br)c(Cl)s2)c1. The Labute approximate surface area is 125 Å². The quantitative estimate of drug-likeness (QED) is 0.519. The molecule has 2 aromatic rings. The van der Waals surface area contributed by atoms with Crippen LogP contribution in [-0.4, -0.2) is 0 Å². The van der Waals surface area contributed by atoms with Gasteiger partial charge in [0.15, 0.2) is 0 Å². The van der Waals surface area contributed by atoms with Gasteiger partial charge in [0.1, 0.15) is 4.34 Å². The summed E-state index contributed by atoms with van der Waals surface area (Å²) in [6, 6.07) is 9.81. The number of alkyl halides is 1. The number of hydrogen-bond acceptors (Lipinski definition) is 1. The van der Waals surface area contributed by atoms with Crippen LogP contribution >= 0.6 is 66.4 Å². The van der Waals surface area contributed by atoms with Gasteiger partial charge in [-0.3, -0.25) is 0 Å². The summed E-state index contributed by atoms with van der Waals surface area (Å²) in [5.74, 6) is 0. The molecule has 5 heteroatoms. The molecule has 1 atom stereocenters. The maximum absolute atomic E-state index is 6.02. The first-order valence-corrected chi connectivity index (χ1v) is 7.70. The van der Waals surface area contributed by atoms with E-state index in [1.54, 1.807) is 11.3 Å². The van der Waals surface area contributed by atoms with Crippen LogP contribution in [0.3, 0.4) is 0 Å². The van der Waals surface area contributed by atoms with Crippen molar-refractivity contribution in [3.05, 3.63) is 54.6 Å². The van der Waals surface area contributed by atoms with Crippen molar-refractivity contribution in [2.45, 2.75) is 4.83 Å². The van der Waals surface area contributed by atoms with Crippen molar-refractivity contribution in [2.75, 3.05) is 0 Å². The van der Waals surface area contributed by atoms with Gasteiger partial charge in [-0.1, -0.05) is 51.3 Å². The molecule has 1 heterocycles. The highest BCUT2D eigenvalue weighted by molar-refractivity contribution is 9.10. The van der Waals surface area contributed by atoms with Gasteiger partial charge in [0.25, 0.3) is 0 Å². The van der Waals surface area contributed by atoms with Gasteiger partial charge >= 0.3 is 0 Å². The second-order valence-electron chi connectivity index (χ2n) is 3.19. The van der Waals surface area contributed by atoms with E-state index in [1.165, 1.54) is 0 Å². The lowest BCUT2D eigenvalue weighted by molar-refractivity contribution is 1.22. The Morgan fingerprint density at radius 3 is 2.50 bits per heavy atom. The monoisotopic (exact) mass is 398 g/mol. The summed E-state index contributed by atoms with van der Waals surface area (Å²) in [6.07, 6.45) is 0. The fourth-order valence-corrected chi connectivity index (χ4v) is 3.96. The van der Waals surface area contributed by atoms with E-state index < -0.39 is 0 Å². The standard InChI is InChI=1S/C11H6Br2Cl2S/c12-8-5-9(16-11(8)15)10(13)6-2-1-3-7(14)4-6/h1-5,10H. The number of benzene rings is 1. The first-order chi connectivity index (χ1) is 7.58. The fourth-order valence-electron chi connectivity index (χ4n) is 1.32. The molecule has 0 amide bonds. The third kappa shape index (κ3) is 2.82. The van der Waals surface area contributed by atoms with Crippen molar-refractivity contribution in [3.8, 4) is 0 Å². The Morgan fingerprint density at radius 2 is 1.94 bits per heavy atom. The maximum atomic E-state index is 6.02. The summed E-state index contributed by atoms with van der Waals surface area (Å²) in [6.45, 7) is 0. The van der Waals surface area contributed by atoms with Gasteiger partial charge in [-0.15, -0.1) is 11.3 Å². The molecular weight excluding hydrogens is 395 g/mol. The van der Waals surface area contributed by atoms with Crippen LogP contribution in [0.1, 0.15) is 15.3 Å². The Hall–Kier alpha value is 0.460. The third-order valence-corrected chi connectivity index (χ3v) is 6.15. The predicted octanol–water partition coefficient (Wildman–Crippen LogP) is 6.30. The van der Waals surface area contributed by atoms with E-state index in [2.05, 4.69) is 31.9 Å². The summed E-state index contributed by atoms with van der Waals surface area (Å²) in [5.41, 5.74) is 1.12. The molecule has 0 spiro atoms. The van der Waals surface area contributed by atoms with Crippen molar-refractivity contribution >= 4 is 66.4 Å². The molecule has 1 aromatic carbocycles. The van der Waals surface area contributed by atoms with E-state index in [0.717, 1.165) is 24.3 Å². The highest BCUT2D eigenvalue weighted by atomic mass is 79.9. The largest absolute Gasteiger partial charge is 0.126 e. The van der Waals surface area contributed by atoms with Gasteiger partial charge < -0.3 is 0 Å². The van der Waals surface area contributed by atoms with Gasteiger partial charge in [-0.05, 0) is 39.7 Å². The van der Waals surface area contributed by atoms with Gasteiger partial charge in [0, 0.05) is 14.4 Å². The van der Waals surface area contributed by atoms with Gasteiger partial charge in [0.05, 0.1) is 4.83 Å². The summed E-state index contributed by atoms with van der Waals surface area (Å²) >= 11 is 20.6. The molecule has 1 unspecified atom stereocenters. The molecule has 0 saturated heterocycles. The number of thiophene rings is 1. The summed E-state index contributed by atoms with van der Waals surface area (Å²) in [5, 5.41) is 0.740. The molecule has 0 fully saturated rings. The van der Waals surface area contributed by atoms with Crippen LogP contribution in [0.2, 0.25) is 9.36 Å². The molecule has 0 aliphatic rings. The molecule has 0 aliphatic heterocycles. The van der Waals surface area contributed by atoms with E-state index in [9.17, 15) is 0 Å². The normalized spacial score (nSPS) is 12.8. The molecule has 0 saturated carbocycles. The highest BCUT2D eigenvalue weighted by Gasteiger charge is 2.15. The fraction of sp³-hybridized carbons (Fsp3) is 0.0909. The minimum absolute atomic E-state index is 0.125. The van der Waals surface area contributed by atoms with E-state index >= 15 is 0 Å². The van der Waals surface area contributed by atoms with Crippen LogP contribution in [0, 0.1) is 0 Å². The van der Waals surface area contributed by atoms with Gasteiger partial charge in [-0.25, -0.2) is 0 Å². The van der Waals surface area contributed by atoms with Gasteiger partial charge in [-0.2, -0.15) is 0 Å². The average Bonchev–Trinajstić information content (AvgIpc) is 2.58. The molecule has 0 N–H and O–H groups in total. The van der Waals surface area contributed by atoms with Crippen LogP contribution in [0.25, 0.3) is 0 Å². The van der Waals surface area contributed by atoms with E-state index in [-0.39, 0.29) is 4.83 Å². The van der Waals surface area contributed by atoms with Crippen LogP contribution in [-0.2, 0) is 0 Å². The lowest BCUT2D eigenvalue weighted by Gasteiger charge is -2.07. The highest BCUT2D eigenvalue weighted by Crippen LogP contribution is 2.41. The zero-order chi connectivity index (χ0) is 11.7. The van der Waals surface area contributed by atoms with E-state index in [1.807, 2.05) is 30.3 Å². The zero-order valence-corrected chi connectivity index (χ0v) is 13.4. The van der Waals surface area contributed by atoms with Crippen LogP contribution < -0.4 is 0 Å². The Balaban J connectivity index is 2.35. The molecule has 84 valence electrons. The summed E-state index contributed by atoms with van der Waals surface area (Å²) in [4.78, 5) is 1.28. The Bertz CT molecular complexity index is 491. The van der Waals surface area contributed by atoms with Crippen molar-refractivity contribution in [3.63, 3.8) is 0 Å². The lowest BCUT2D eigenvalue weighted by atomic mass is 10.1. The molecule has 0 bridgehead atoms. The van der Waals surface area contributed by atoms with Crippen LogP contribution in [0.4, 0.5) is 0 Å². The average molecular weight is 401 g/mol. The Morgan fingerprint density at radius 1 is 1.19 bits per heavy atom. The van der Waals surface area contributed by atoms with Crippen molar-refractivity contribution in [2.24, 2.45) is 0 Å². The first-order valence-electron chi connectivity index (χ1n) is 4.42. The predicted molar refractivity (Wildman–Crippen MR) is 79.3 cm³/mol. The second-order valence-corrected chi connectivity index (χ2v) is 7.08. The molecule has 2 rings (SSSR count). The van der Waals surface area contributed by atoms with E-state index in [4.69, 9.17) is 23.2 Å². The molecule has 1 aromatic heterocycles. The van der Waals surface area contributed by atoms with Gasteiger partial charge in [0.2, 0.25) is 0 Å². The molecular formula is C11H6Br2Cl2S. The minimum atomic E-state index is 0.125. The van der Waals surface area contributed by atoms with Crippen molar-refractivity contribution < 1.29 is 0 Å². The third-order valence-electron chi connectivity index (χ3n) is 2.06. The van der Waals surface area contributed by atoms with Crippen molar-refractivity contribution in [1.29, 1.82) is 0 Å². The smallest absolute Gasteiger partial charge is 0.107 e. The first kappa shape index (κ1) is 12.9. The summed E-state index contributed by atoms with van der Waals surface area (Å²) < 4.78 is 1.70. The molecule has 0 nitrogen and oxygen atoms in total. The molecule has 0 aliphatic carbocycles. The summed E-state index contributed by atoms with van der Waals surface area (Å²) in [7, 11) is 0. The van der Waals surface area contributed by atoms with Crippen molar-refractivity contribution in [1.82, 2.24) is 0 Å². The Kier molecular flexibility index (Phi) is 4.36. The lowest BCUT2D eigenvalue weighted by Crippen LogP contribution is -1.88. The van der Waals surface area contributed by atoms with E-state index in [0.29, 0.717) is 0 Å². The molecule has 0 radical (unpaired) electrons. The number of hydrogen-bond donors (Lipinski definition) is 0. The maximum Gasteiger partial charge on any atom is 0.107 e. The zero-order valence-electron chi connectivity index (χ0n) is 7.88. The van der Waals surface area contributed by atoms with Crippen LogP contribution in [0.15, 0.2) is 34.8 Å².